The van der Waals surface area contributed by atoms with Crippen molar-refractivity contribution in [1.82, 2.24) is 4.90 Å². The molecule has 0 amide bonds. The van der Waals surface area contributed by atoms with Crippen LogP contribution in [0.15, 0.2) is 9.59 Å². The lowest BCUT2D eigenvalue weighted by Gasteiger charge is -2.23. The number of hydrogen-bond donors (Lipinski definition) is 2. The maximum Gasteiger partial charge on any atom is 0.306 e. The molecule has 356 valence electrons. The van der Waals surface area contributed by atoms with Gasteiger partial charge in [-0.15, -0.1) is 0 Å². The van der Waals surface area contributed by atoms with Crippen LogP contribution >= 0.6 is 0 Å². The van der Waals surface area contributed by atoms with Gasteiger partial charge in [0, 0.05) is 26.4 Å². The van der Waals surface area contributed by atoms with Crippen LogP contribution in [0.1, 0.15) is 252 Å². The minimum Gasteiger partial charge on any atom is -0.462 e. The second-order valence-electron chi connectivity index (χ2n) is 18.1. The minimum atomic E-state index is -0.440. The van der Waals surface area contributed by atoms with Crippen molar-refractivity contribution in [2.75, 3.05) is 43.9 Å². The first kappa shape index (κ1) is 56.6. The number of nitrogens with one attached hydrogen (secondary N) is 2. The average molecular weight is 860 g/mol. The molecule has 1 atom stereocenters. The standard InChI is InChI=1S/C52H97N3O6/c1-6-10-13-16-21-28-36-45(9-4)60-47(56)39-31-24-19-26-33-42-55(44-35-41-54-50-49(53-5)51(58)52(50)59)43-34-27-20-25-32-40-48(57)61-46(37-29-22-17-14-11-7-2)38-30-23-18-15-12-8-3/h45-46,53-54H,6-44H2,1-5H3/t45-/m1/s1. The van der Waals surface area contributed by atoms with Crippen molar-refractivity contribution >= 4 is 23.3 Å². The van der Waals surface area contributed by atoms with Gasteiger partial charge in [0.15, 0.2) is 0 Å². The Morgan fingerprint density at radius 2 is 0.820 bits per heavy atom. The summed E-state index contributed by atoms with van der Waals surface area (Å²) in [6.45, 7) is 12.5. The lowest BCUT2D eigenvalue weighted by atomic mass is 10.0. The van der Waals surface area contributed by atoms with E-state index in [1.807, 2.05) is 0 Å². The SMILES string of the molecule is CCCCCCCCC(CCCCCCCC)OC(=O)CCCCCCCN(CCCCCCCC(=O)O[C@H](CC)CCCCCCCC)CCCNc1c(NC)c(=O)c1=O. The highest BCUT2D eigenvalue weighted by molar-refractivity contribution is 5.73. The largest absolute Gasteiger partial charge is 0.462 e. The zero-order chi connectivity index (χ0) is 44.6. The Morgan fingerprint density at radius 3 is 1.26 bits per heavy atom. The number of hydrogen-bond acceptors (Lipinski definition) is 9. The second kappa shape index (κ2) is 40.4. The van der Waals surface area contributed by atoms with Gasteiger partial charge in [-0.1, -0.05) is 163 Å². The quantitative estimate of drug-likeness (QED) is 0.0376. The molecular weight excluding hydrogens is 763 g/mol. The molecule has 0 aliphatic heterocycles. The molecule has 0 aliphatic carbocycles. The summed E-state index contributed by atoms with van der Waals surface area (Å²) in [7, 11) is 1.67. The van der Waals surface area contributed by atoms with E-state index in [4.69, 9.17) is 9.47 Å². The van der Waals surface area contributed by atoms with Crippen molar-refractivity contribution in [2.45, 2.75) is 265 Å². The molecule has 0 fully saturated rings. The number of rotatable bonds is 46. The summed E-state index contributed by atoms with van der Waals surface area (Å²) < 4.78 is 11.9. The molecule has 0 heterocycles. The maximum absolute atomic E-state index is 12.9. The summed E-state index contributed by atoms with van der Waals surface area (Å²) in [5.41, 5.74) is -0.0590. The van der Waals surface area contributed by atoms with Crippen molar-refractivity contribution in [3.05, 3.63) is 20.4 Å². The third-order valence-corrected chi connectivity index (χ3v) is 12.5. The Labute approximate surface area is 375 Å². The van der Waals surface area contributed by atoms with Gasteiger partial charge in [0.1, 0.15) is 23.6 Å². The molecule has 9 nitrogen and oxygen atoms in total. The van der Waals surface area contributed by atoms with Crippen LogP contribution in [-0.2, 0) is 19.1 Å². The fourth-order valence-corrected chi connectivity index (χ4v) is 8.48. The van der Waals surface area contributed by atoms with E-state index in [9.17, 15) is 19.2 Å². The molecule has 0 unspecified atom stereocenters. The average Bonchev–Trinajstić information content (AvgIpc) is 3.26. The van der Waals surface area contributed by atoms with Crippen LogP contribution in [0.25, 0.3) is 0 Å². The topological polar surface area (TPSA) is 114 Å². The highest BCUT2D eigenvalue weighted by atomic mass is 16.5. The predicted molar refractivity (Wildman–Crippen MR) is 260 cm³/mol. The number of esters is 2. The van der Waals surface area contributed by atoms with Crippen LogP contribution in [0.4, 0.5) is 11.4 Å². The van der Waals surface area contributed by atoms with Crippen molar-refractivity contribution in [3.8, 4) is 0 Å². The Hall–Kier alpha value is -2.42. The highest BCUT2D eigenvalue weighted by Crippen LogP contribution is 2.19. The fraction of sp³-hybridized carbons (Fsp3) is 0.885. The molecule has 1 rings (SSSR count). The fourth-order valence-electron chi connectivity index (χ4n) is 8.48. The zero-order valence-corrected chi connectivity index (χ0v) is 40.6. The van der Waals surface area contributed by atoms with E-state index < -0.39 is 10.9 Å². The van der Waals surface area contributed by atoms with E-state index in [2.05, 4.69) is 43.2 Å². The summed E-state index contributed by atoms with van der Waals surface area (Å²) in [5.74, 6) is -0.0365. The van der Waals surface area contributed by atoms with Gasteiger partial charge in [-0.25, -0.2) is 0 Å². The first-order valence-corrected chi connectivity index (χ1v) is 26.2. The van der Waals surface area contributed by atoms with Crippen molar-refractivity contribution < 1.29 is 19.1 Å². The van der Waals surface area contributed by atoms with Gasteiger partial charge < -0.3 is 25.0 Å². The van der Waals surface area contributed by atoms with Crippen LogP contribution in [0.5, 0.6) is 0 Å². The number of carbonyl (C=O) groups is 2. The van der Waals surface area contributed by atoms with Crippen LogP contribution in [0.3, 0.4) is 0 Å². The number of carbonyl (C=O) groups excluding carboxylic acids is 2. The minimum absolute atomic E-state index is 0.00353. The third kappa shape index (κ3) is 30.3. The second-order valence-corrected chi connectivity index (χ2v) is 18.1. The van der Waals surface area contributed by atoms with E-state index >= 15 is 0 Å². The molecular formula is C52H97N3O6. The first-order chi connectivity index (χ1) is 29.8. The Bertz CT molecular complexity index is 1230. The van der Waals surface area contributed by atoms with Gasteiger partial charge in [0.2, 0.25) is 0 Å². The Balaban J connectivity index is 2.41. The van der Waals surface area contributed by atoms with Gasteiger partial charge in [-0.05, 0) is 96.7 Å². The molecule has 9 heteroatoms. The van der Waals surface area contributed by atoms with E-state index in [1.54, 1.807) is 7.05 Å². The Morgan fingerprint density at radius 1 is 0.459 bits per heavy atom. The molecule has 2 N–H and O–H groups in total. The summed E-state index contributed by atoms with van der Waals surface area (Å²) in [6, 6.07) is 0. The number of anilines is 2. The summed E-state index contributed by atoms with van der Waals surface area (Å²) in [4.78, 5) is 51.7. The number of unbranched alkanes of at least 4 members (excludes halogenated alkanes) is 23. The molecule has 0 bridgehead atoms. The third-order valence-electron chi connectivity index (χ3n) is 12.5. The van der Waals surface area contributed by atoms with Gasteiger partial charge in [0.05, 0.1) is 0 Å². The van der Waals surface area contributed by atoms with Crippen LogP contribution in [-0.4, -0.2) is 62.3 Å². The number of ether oxygens (including phenoxy) is 2. The normalized spacial score (nSPS) is 12.1. The first-order valence-electron chi connectivity index (χ1n) is 26.2. The van der Waals surface area contributed by atoms with Crippen molar-refractivity contribution in [1.29, 1.82) is 0 Å². The van der Waals surface area contributed by atoms with Gasteiger partial charge in [-0.3, -0.25) is 19.2 Å². The molecule has 0 aromatic heterocycles. The van der Waals surface area contributed by atoms with E-state index in [1.165, 1.54) is 96.3 Å². The summed E-state index contributed by atoms with van der Waals surface area (Å²) >= 11 is 0. The summed E-state index contributed by atoms with van der Waals surface area (Å²) in [5, 5.41) is 6.02. The van der Waals surface area contributed by atoms with Crippen molar-refractivity contribution in [3.63, 3.8) is 0 Å². The molecule has 0 saturated heterocycles. The van der Waals surface area contributed by atoms with Crippen LogP contribution in [0, 0.1) is 0 Å². The number of nitrogens with zero attached hydrogens (tertiary/aromatic N) is 1. The highest BCUT2D eigenvalue weighted by Gasteiger charge is 2.19. The van der Waals surface area contributed by atoms with E-state index in [-0.39, 0.29) is 24.1 Å². The molecule has 1 aromatic carbocycles. The molecule has 0 spiro atoms. The van der Waals surface area contributed by atoms with Gasteiger partial charge in [-0.2, -0.15) is 0 Å². The molecule has 61 heavy (non-hydrogen) atoms. The lowest BCUT2D eigenvalue weighted by Crippen LogP contribution is -2.37. The molecule has 1 aromatic rings. The van der Waals surface area contributed by atoms with Gasteiger partial charge >= 0.3 is 11.9 Å². The molecule has 0 saturated carbocycles. The lowest BCUT2D eigenvalue weighted by molar-refractivity contribution is -0.150. The van der Waals surface area contributed by atoms with Crippen LogP contribution in [0.2, 0.25) is 0 Å². The zero-order valence-electron chi connectivity index (χ0n) is 40.6. The smallest absolute Gasteiger partial charge is 0.306 e. The molecule has 0 radical (unpaired) electrons. The van der Waals surface area contributed by atoms with Gasteiger partial charge in [0.25, 0.3) is 10.9 Å². The summed E-state index contributed by atoms with van der Waals surface area (Å²) in [6.07, 6.45) is 39.5. The van der Waals surface area contributed by atoms with E-state index in [0.717, 1.165) is 135 Å². The Kier molecular flexibility index (Phi) is 37.4. The maximum atomic E-state index is 12.9. The molecule has 0 aliphatic rings. The van der Waals surface area contributed by atoms with Crippen molar-refractivity contribution in [2.24, 2.45) is 0 Å². The van der Waals surface area contributed by atoms with E-state index in [0.29, 0.717) is 30.8 Å². The predicted octanol–water partition coefficient (Wildman–Crippen LogP) is 13.6. The monoisotopic (exact) mass is 860 g/mol. The van der Waals surface area contributed by atoms with Crippen LogP contribution < -0.4 is 21.5 Å².